The van der Waals surface area contributed by atoms with Gasteiger partial charge < -0.3 is 9.80 Å². The number of halogens is 3. The minimum absolute atomic E-state index is 0.0235. The first-order valence-electron chi connectivity index (χ1n) is 10.6. The molecule has 8 heteroatoms. The van der Waals surface area contributed by atoms with Gasteiger partial charge in [-0.25, -0.2) is 4.39 Å². The number of thiophene rings is 1. The molecule has 4 nitrogen and oxygen atoms in total. The number of rotatable bonds is 8. The largest absolute Gasteiger partial charge is 0.332 e. The first-order valence-corrected chi connectivity index (χ1v) is 12.3. The number of amides is 2. The third-order valence-corrected chi connectivity index (χ3v) is 7.05. The summed E-state index contributed by atoms with van der Waals surface area (Å²) in [5, 5.41) is 2.74. The summed E-state index contributed by atoms with van der Waals surface area (Å²) in [7, 11) is 0. The van der Waals surface area contributed by atoms with Crippen molar-refractivity contribution in [3.8, 4) is 0 Å². The van der Waals surface area contributed by atoms with Gasteiger partial charge in [0.05, 0.1) is 6.54 Å². The number of hydrogen-bond acceptors (Lipinski definition) is 3. The lowest BCUT2D eigenvalue weighted by Gasteiger charge is -2.28. The van der Waals surface area contributed by atoms with Crippen LogP contribution in [0.25, 0.3) is 0 Å². The third-order valence-electron chi connectivity index (χ3n) is 5.61. The zero-order valence-corrected chi connectivity index (χ0v) is 20.4. The van der Waals surface area contributed by atoms with Crippen molar-refractivity contribution < 1.29 is 14.0 Å². The Labute approximate surface area is 206 Å². The predicted octanol–water partition coefficient (Wildman–Crippen LogP) is 6.34. The van der Waals surface area contributed by atoms with Crippen molar-refractivity contribution in [1.29, 1.82) is 0 Å². The fourth-order valence-electron chi connectivity index (χ4n) is 3.62. The Bertz CT molecular complexity index is 1140. The minimum atomic E-state index is -0.323. The van der Waals surface area contributed by atoms with Gasteiger partial charge in [-0.3, -0.25) is 9.59 Å². The van der Waals surface area contributed by atoms with Crippen molar-refractivity contribution in [3.63, 3.8) is 0 Å². The lowest BCUT2D eigenvalue weighted by atomic mass is 10.1. The highest BCUT2D eigenvalue weighted by Gasteiger charge is 2.35. The van der Waals surface area contributed by atoms with E-state index in [1.807, 2.05) is 18.4 Å². The van der Waals surface area contributed by atoms with E-state index in [1.165, 1.54) is 12.1 Å². The molecule has 1 fully saturated rings. The Morgan fingerprint density at radius 2 is 1.70 bits per heavy atom. The molecule has 1 aliphatic rings. The SMILES string of the molecule is Cc1ccsc1CN(Cc1ccc(F)cc1)C(=O)CN(C(=O)c1cc(Cl)cc(Cl)c1)C1CC1. The van der Waals surface area contributed by atoms with Gasteiger partial charge in [-0.15, -0.1) is 11.3 Å². The van der Waals surface area contributed by atoms with E-state index >= 15 is 0 Å². The zero-order chi connectivity index (χ0) is 23.5. The number of nitrogens with zero attached hydrogens (tertiary/aromatic N) is 2. The molecular weight excluding hydrogens is 482 g/mol. The molecule has 0 spiro atoms. The number of benzene rings is 2. The van der Waals surface area contributed by atoms with Gasteiger partial charge in [-0.05, 0) is 72.7 Å². The van der Waals surface area contributed by atoms with Crippen LogP contribution in [0.4, 0.5) is 4.39 Å². The highest BCUT2D eigenvalue weighted by molar-refractivity contribution is 7.10. The minimum Gasteiger partial charge on any atom is -0.332 e. The molecule has 0 radical (unpaired) electrons. The standard InChI is InChI=1S/C25H23Cl2FN2O2S/c1-16-8-9-33-23(16)14-29(13-17-2-4-21(28)5-3-17)24(31)15-30(22-6-7-22)25(32)18-10-19(26)12-20(27)11-18/h2-5,8-12,22H,6-7,13-15H2,1H3. The second kappa shape index (κ2) is 10.2. The summed E-state index contributed by atoms with van der Waals surface area (Å²) in [6, 6.07) is 12.9. The van der Waals surface area contributed by atoms with Crippen molar-refractivity contribution in [2.75, 3.05) is 6.54 Å². The number of hydrogen-bond donors (Lipinski definition) is 0. The molecule has 1 aromatic heterocycles. The van der Waals surface area contributed by atoms with Gasteiger partial charge >= 0.3 is 0 Å². The number of aryl methyl sites for hydroxylation is 1. The molecule has 172 valence electrons. The van der Waals surface area contributed by atoms with Crippen molar-refractivity contribution in [1.82, 2.24) is 9.80 Å². The molecule has 0 bridgehead atoms. The molecule has 0 saturated heterocycles. The van der Waals surface area contributed by atoms with Crippen LogP contribution in [0.5, 0.6) is 0 Å². The summed E-state index contributed by atoms with van der Waals surface area (Å²) in [5.41, 5.74) is 2.30. The molecule has 1 saturated carbocycles. The lowest BCUT2D eigenvalue weighted by molar-refractivity contribution is -0.133. The number of carbonyl (C=O) groups is 2. The molecule has 1 aliphatic carbocycles. The first-order chi connectivity index (χ1) is 15.8. The van der Waals surface area contributed by atoms with Crippen molar-refractivity contribution in [3.05, 3.63) is 91.3 Å². The van der Waals surface area contributed by atoms with Gasteiger partial charge in [0.1, 0.15) is 12.4 Å². The Kier molecular flexibility index (Phi) is 7.37. The second-order valence-corrected chi connectivity index (χ2v) is 10.1. The Hall–Kier alpha value is -2.41. The maximum absolute atomic E-state index is 13.5. The van der Waals surface area contributed by atoms with Crippen molar-refractivity contribution in [2.45, 2.75) is 38.9 Å². The van der Waals surface area contributed by atoms with Gasteiger partial charge in [0.2, 0.25) is 5.91 Å². The van der Waals surface area contributed by atoms with Crippen molar-refractivity contribution >= 4 is 46.4 Å². The van der Waals surface area contributed by atoms with Crippen molar-refractivity contribution in [2.24, 2.45) is 0 Å². The van der Waals surface area contributed by atoms with E-state index in [9.17, 15) is 14.0 Å². The normalized spacial score (nSPS) is 13.1. The Balaban J connectivity index is 1.56. The van der Waals surface area contributed by atoms with Crippen LogP contribution < -0.4 is 0 Å². The Morgan fingerprint density at radius 1 is 1.03 bits per heavy atom. The maximum Gasteiger partial charge on any atom is 0.254 e. The summed E-state index contributed by atoms with van der Waals surface area (Å²) in [6.07, 6.45) is 1.71. The molecule has 3 aromatic rings. The van der Waals surface area contributed by atoms with Crippen LogP contribution in [0.1, 0.15) is 39.2 Å². The van der Waals surface area contributed by atoms with Crippen LogP contribution in [-0.2, 0) is 17.9 Å². The van der Waals surface area contributed by atoms with E-state index in [-0.39, 0.29) is 30.2 Å². The molecule has 2 amide bonds. The summed E-state index contributed by atoms with van der Waals surface area (Å²) < 4.78 is 13.4. The predicted molar refractivity (Wildman–Crippen MR) is 130 cm³/mol. The van der Waals surface area contributed by atoms with E-state index in [1.54, 1.807) is 51.5 Å². The first kappa shape index (κ1) is 23.7. The highest BCUT2D eigenvalue weighted by Crippen LogP contribution is 2.30. The van der Waals surface area contributed by atoms with E-state index < -0.39 is 0 Å². The molecule has 4 rings (SSSR count). The molecule has 33 heavy (non-hydrogen) atoms. The third kappa shape index (κ3) is 6.14. The van der Waals surface area contributed by atoms with E-state index in [4.69, 9.17) is 23.2 Å². The zero-order valence-electron chi connectivity index (χ0n) is 18.1. The van der Waals surface area contributed by atoms with E-state index in [2.05, 4.69) is 0 Å². The smallest absolute Gasteiger partial charge is 0.254 e. The van der Waals surface area contributed by atoms with Crippen LogP contribution in [0.3, 0.4) is 0 Å². The molecule has 0 unspecified atom stereocenters. The average molecular weight is 505 g/mol. The maximum atomic E-state index is 13.5. The lowest BCUT2D eigenvalue weighted by Crippen LogP contribution is -2.43. The number of carbonyl (C=O) groups excluding carboxylic acids is 2. The van der Waals surface area contributed by atoms with Crippen LogP contribution in [0.2, 0.25) is 10.0 Å². The molecular formula is C25H23Cl2FN2O2S. The molecule has 0 aliphatic heterocycles. The van der Waals surface area contributed by atoms with Crippen LogP contribution in [-0.4, -0.2) is 34.2 Å². The van der Waals surface area contributed by atoms with Gasteiger partial charge in [-0.1, -0.05) is 35.3 Å². The highest BCUT2D eigenvalue weighted by atomic mass is 35.5. The van der Waals surface area contributed by atoms with E-state index in [0.717, 1.165) is 28.8 Å². The Morgan fingerprint density at radius 3 is 2.27 bits per heavy atom. The summed E-state index contributed by atoms with van der Waals surface area (Å²) in [4.78, 5) is 31.1. The van der Waals surface area contributed by atoms with Crippen LogP contribution in [0.15, 0.2) is 53.9 Å². The van der Waals surface area contributed by atoms with Gasteiger partial charge in [0.25, 0.3) is 5.91 Å². The summed E-state index contributed by atoms with van der Waals surface area (Å²) in [5.74, 6) is -0.749. The quantitative estimate of drug-likeness (QED) is 0.359. The summed E-state index contributed by atoms with van der Waals surface area (Å²) >= 11 is 13.8. The van der Waals surface area contributed by atoms with Crippen LogP contribution >= 0.6 is 34.5 Å². The van der Waals surface area contributed by atoms with Gasteiger partial charge in [0.15, 0.2) is 0 Å². The molecule has 1 heterocycles. The molecule has 2 aromatic carbocycles. The summed E-state index contributed by atoms with van der Waals surface area (Å²) in [6.45, 7) is 2.72. The van der Waals surface area contributed by atoms with Gasteiger partial charge in [0, 0.05) is 33.1 Å². The van der Waals surface area contributed by atoms with Crippen LogP contribution in [0, 0.1) is 12.7 Å². The monoisotopic (exact) mass is 504 g/mol. The average Bonchev–Trinajstić information content (AvgIpc) is 3.54. The fourth-order valence-corrected chi connectivity index (χ4v) is 5.07. The van der Waals surface area contributed by atoms with E-state index in [0.29, 0.717) is 28.7 Å². The molecule has 0 atom stereocenters. The fraction of sp³-hybridized carbons (Fsp3) is 0.280. The molecule has 0 N–H and O–H groups in total. The topological polar surface area (TPSA) is 40.6 Å². The second-order valence-electron chi connectivity index (χ2n) is 8.23. The van der Waals surface area contributed by atoms with Gasteiger partial charge in [-0.2, -0.15) is 0 Å².